The molecule has 1 amide bonds. The zero-order valence-corrected chi connectivity index (χ0v) is 15.6. The molecule has 2 heterocycles. The van der Waals surface area contributed by atoms with Crippen LogP contribution in [0.4, 0.5) is 4.39 Å². The van der Waals surface area contributed by atoms with Crippen LogP contribution in [-0.2, 0) is 27.4 Å². The third kappa shape index (κ3) is 4.17. The van der Waals surface area contributed by atoms with Crippen LogP contribution < -0.4 is 5.32 Å². The molecule has 1 N–H and O–H groups in total. The molecule has 1 atom stereocenters. The second kappa shape index (κ2) is 8.32. The molecule has 0 aliphatic heterocycles. The molecule has 6 nitrogen and oxygen atoms in total. The van der Waals surface area contributed by atoms with Crippen LogP contribution in [0.25, 0.3) is 10.1 Å². The van der Waals surface area contributed by atoms with Gasteiger partial charge >= 0.3 is 5.97 Å². The van der Waals surface area contributed by atoms with E-state index >= 15 is 0 Å². The SMILES string of the molecule is COCc1c(C(=O)O[C@@H](C)C(=O)NCc2ccco2)sc2cccc(F)c12. The standard InChI is InChI=1S/C19H18FNO5S/c1-11(18(22)21-9-12-5-4-8-25-12)26-19(23)17-13(10-24-2)16-14(20)6-3-7-15(16)27-17/h3-8,11H,9-10H2,1-2H3,(H,21,22)/t11-/m0/s1. The maximum Gasteiger partial charge on any atom is 0.349 e. The average molecular weight is 391 g/mol. The van der Waals surface area contributed by atoms with Crippen molar-refractivity contribution in [2.75, 3.05) is 7.11 Å². The third-order valence-electron chi connectivity index (χ3n) is 3.91. The molecule has 0 unspecified atom stereocenters. The molecule has 0 bridgehead atoms. The number of hydrogen-bond donors (Lipinski definition) is 1. The van der Waals surface area contributed by atoms with Crippen LogP contribution in [0.5, 0.6) is 0 Å². The Hall–Kier alpha value is -2.71. The molecule has 0 aliphatic carbocycles. The Labute approximate surface area is 158 Å². The Bertz CT molecular complexity index is 951. The monoisotopic (exact) mass is 391 g/mol. The van der Waals surface area contributed by atoms with Crippen molar-refractivity contribution in [3.8, 4) is 0 Å². The van der Waals surface area contributed by atoms with Crippen molar-refractivity contribution in [2.45, 2.75) is 26.2 Å². The van der Waals surface area contributed by atoms with Gasteiger partial charge in [0.05, 0.1) is 19.4 Å². The first kappa shape index (κ1) is 19.1. The van der Waals surface area contributed by atoms with Crippen LogP contribution in [0.3, 0.4) is 0 Å². The van der Waals surface area contributed by atoms with Gasteiger partial charge in [-0.1, -0.05) is 6.07 Å². The van der Waals surface area contributed by atoms with E-state index in [0.717, 1.165) is 11.3 Å². The minimum Gasteiger partial charge on any atom is -0.467 e. The van der Waals surface area contributed by atoms with Gasteiger partial charge in [-0.05, 0) is 31.2 Å². The summed E-state index contributed by atoms with van der Waals surface area (Å²) in [5.41, 5.74) is 0.420. The van der Waals surface area contributed by atoms with Gasteiger partial charge in [0, 0.05) is 22.8 Å². The highest BCUT2D eigenvalue weighted by molar-refractivity contribution is 7.21. The molecule has 27 heavy (non-hydrogen) atoms. The third-order valence-corrected chi connectivity index (χ3v) is 5.08. The number of halogens is 1. The molecule has 0 fully saturated rings. The number of ether oxygens (including phenoxy) is 2. The summed E-state index contributed by atoms with van der Waals surface area (Å²) in [6, 6.07) is 8.06. The number of amides is 1. The number of benzene rings is 1. The summed E-state index contributed by atoms with van der Waals surface area (Å²) in [5, 5.41) is 2.97. The number of carbonyl (C=O) groups is 2. The van der Waals surface area contributed by atoms with Crippen molar-refractivity contribution in [2.24, 2.45) is 0 Å². The van der Waals surface area contributed by atoms with Crippen molar-refractivity contribution in [1.29, 1.82) is 0 Å². The number of nitrogens with one attached hydrogen (secondary N) is 1. The predicted molar refractivity (Wildman–Crippen MR) is 97.9 cm³/mol. The largest absolute Gasteiger partial charge is 0.467 e. The van der Waals surface area contributed by atoms with Gasteiger partial charge < -0.3 is 19.2 Å². The van der Waals surface area contributed by atoms with Gasteiger partial charge in [-0.2, -0.15) is 0 Å². The van der Waals surface area contributed by atoms with Crippen LogP contribution in [-0.4, -0.2) is 25.1 Å². The molecular formula is C19H18FNO5S. The summed E-state index contributed by atoms with van der Waals surface area (Å²) in [6.45, 7) is 1.72. The fraction of sp³-hybridized carbons (Fsp3) is 0.263. The molecule has 0 saturated carbocycles. The Morgan fingerprint density at radius 1 is 1.30 bits per heavy atom. The maximum absolute atomic E-state index is 14.2. The predicted octanol–water partition coefficient (Wildman–Crippen LogP) is 3.64. The first-order valence-electron chi connectivity index (χ1n) is 8.21. The van der Waals surface area contributed by atoms with Gasteiger partial charge in [-0.15, -0.1) is 11.3 Å². The van der Waals surface area contributed by atoms with Crippen molar-refractivity contribution in [3.05, 3.63) is 58.6 Å². The van der Waals surface area contributed by atoms with Crippen molar-refractivity contribution >= 4 is 33.3 Å². The minimum atomic E-state index is -1.02. The van der Waals surface area contributed by atoms with E-state index in [1.54, 1.807) is 24.3 Å². The highest BCUT2D eigenvalue weighted by Gasteiger charge is 2.25. The van der Waals surface area contributed by atoms with Gasteiger partial charge in [0.25, 0.3) is 5.91 Å². The molecule has 1 aromatic carbocycles. The van der Waals surface area contributed by atoms with E-state index in [9.17, 15) is 14.0 Å². The number of carbonyl (C=O) groups excluding carboxylic acids is 2. The van der Waals surface area contributed by atoms with Gasteiger partial charge in [-0.25, -0.2) is 9.18 Å². The Morgan fingerprint density at radius 3 is 2.81 bits per heavy atom. The molecule has 2 aromatic heterocycles. The number of esters is 1. The maximum atomic E-state index is 14.2. The smallest absolute Gasteiger partial charge is 0.349 e. The molecule has 3 rings (SSSR count). The summed E-state index contributed by atoms with van der Waals surface area (Å²) in [7, 11) is 1.46. The molecule has 8 heteroatoms. The number of hydrogen-bond acceptors (Lipinski definition) is 6. The van der Waals surface area contributed by atoms with Gasteiger partial charge in [-0.3, -0.25) is 4.79 Å². The topological polar surface area (TPSA) is 77.8 Å². The van der Waals surface area contributed by atoms with Crippen molar-refractivity contribution in [1.82, 2.24) is 5.32 Å². The lowest BCUT2D eigenvalue weighted by molar-refractivity contribution is -0.129. The Balaban J connectivity index is 1.74. The first-order valence-corrected chi connectivity index (χ1v) is 9.02. The summed E-state index contributed by atoms with van der Waals surface area (Å²) in [6.07, 6.45) is 0.487. The fourth-order valence-corrected chi connectivity index (χ4v) is 3.72. The Kier molecular flexibility index (Phi) is 5.88. The zero-order valence-electron chi connectivity index (χ0n) is 14.8. The van der Waals surface area contributed by atoms with E-state index in [1.165, 1.54) is 26.4 Å². The van der Waals surface area contributed by atoms with E-state index in [-0.39, 0.29) is 18.0 Å². The number of thiophene rings is 1. The summed E-state index contributed by atoms with van der Waals surface area (Å²) < 4.78 is 30.3. The quantitative estimate of drug-likeness (QED) is 0.622. The Morgan fingerprint density at radius 2 is 2.11 bits per heavy atom. The van der Waals surface area contributed by atoms with Gasteiger partial charge in [0.2, 0.25) is 0 Å². The van der Waals surface area contributed by atoms with E-state index < -0.39 is 23.8 Å². The highest BCUT2D eigenvalue weighted by atomic mass is 32.1. The molecule has 0 saturated heterocycles. The highest BCUT2D eigenvalue weighted by Crippen LogP contribution is 2.34. The van der Waals surface area contributed by atoms with Crippen molar-refractivity contribution in [3.63, 3.8) is 0 Å². The lowest BCUT2D eigenvalue weighted by Crippen LogP contribution is -2.35. The van der Waals surface area contributed by atoms with Gasteiger partial charge in [0.15, 0.2) is 6.10 Å². The minimum absolute atomic E-state index is 0.0600. The normalized spacial score (nSPS) is 12.1. The molecule has 0 spiro atoms. The second-order valence-electron chi connectivity index (χ2n) is 5.80. The van der Waals surface area contributed by atoms with Crippen LogP contribution in [0.2, 0.25) is 0 Å². The van der Waals surface area contributed by atoms with E-state index in [1.807, 2.05) is 0 Å². The van der Waals surface area contributed by atoms with E-state index in [4.69, 9.17) is 13.9 Å². The molecule has 0 radical (unpaired) electrons. The van der Waals surface area contributed by atoms with Crippen molar-refractivity contribution < 1.29 is 27.9 Å². The lowest BCUT2D eigenvalue weighted by Gasteiger charge is -2.13. The van der Waals surface area contributed by atoms with Crippen LogP contribution in [0.15, 0.2) is 41.0 Å². The van der Waals surface area contributed by atoms with E-state index in [2.05, 4.69) is 5.32 Å². The number of fused-ring (bicyclic) bond motifs is 1. The van der Waals surface area contributed by atoms with Gasteiger partial charge in [0.1, 0.15) is 16.5 Å². The molecular weight excluding hydrogens is 373 g/mol. The molecule has 0 aliphatic rings. The number of rotatable bonds is 7. The number of methoxy groups -OCH3 is 1. The molecule has 3 aromatic rings. The van der Waals surface area contributed by atoms with Crippen LogP contribution in [0.1, 0.15) is 27.9 Å². The summed E-state index contributed by atoms with van der Waals surface area (Å²) >= 11 is 1.11. The average Bonchev–Trinajstić information content (AvgIpc) is 3.28. The van der Waals surface area contributed by atoms with E-state index in [0.29, 0.717) is 21.4 Å². The fourth-order valence-electron chi connectivity index (χ4n) is 2.61. The zero-order chi connectivity index (χ0) is 19.4. The molecule has 142 valence electrons. The summed E-state index contributed by atoms with van der Waals surface area (Å²) in [5.74, 6) is -0.994. The lowest BCUT2D eigenvalue weighted by atomic mass is 10.1. The van der Waals surface area contributed by atoms with Crippen LogP contribution in [0, 0.1) is 5.82 Å². The second-order valence-corrected chi connectivity index (χ2v) is 6.85. The van der Waals surface area contributed by atoms with Crippen LogP contribution >= 0.6 is 11.3 Å². The first-order chi connectivity index (χ1) is 13.0. The number of furan rings is 1. The summed E-state index contributed by atoms with van der Waals surface area (Å²) in [4.78, 5) is 24.9.